The fourth-order valence-electron chi connectivity index (χ4n) is 2.33. The maximum atomic E-state index is 11.3. The highest BCUT2D eigenvalue weighted by molar-refractivity contribution is 5.88. The molecule has 2 rings (SSSR count). The Morgan fingerprint density at radius 1 is 1.61 bits per heavy atom. The normalized spacial score (nSPS) is 20.0. The standard InChI is InChI=1S/C13H19N3O2/c1-18-13(17)10-4-5-11(15-8-10)9-16-6-2-3-12(16)7-14/h4-5,8,12H,2-3,6-7,9,14H2,1H3. The second-order valence-electron chi connectivity index (χ2n) is 4.53. The van der Waals surface area contributed by atoms with Crippen molar-refractivity contribution >= 4 is 5.97 Å². The molecule has 1 saturated heterocycles. The third-order valence-corrected chi connectivity index (χ3v) is 3.38. The number of carbonyl (C=O) groups is 1. The number of methoxy groups -OCH3 is 1. The first-order valence-electron chi connectivity index (χ1n) is 6.22. The maximum Gasteiger partial charge on any atom is 0.339 e. The van der Waals surface area contributed by atoms with E-state index in [0.29, 0.717) is 18.2 Å². The van der Waals surface area contributed by atoms with Crippen molar-refractivity contribution in [1.29, 1.82) is 0 Å². The summed E-state index contributed by atoms with van der Waals surface area (Å²) in [6.07, 6.45) is 3.92. The number of carbonyl (C=O) groups excluding carboxylic acids is 1. The third-order valence-electron chi connectivity index (χ3n) is 3.38. The molecule has 1 aromatic heterocycles. The van der Waals surface area contributed by atoms with Crippen molar-refractivity contribution in [3.05, 3.63) is 29.6 Å². The Hall–Kier alpha value is -1.46. The van der Waals surface area contributed by atoms with Gasteiger partial charge in [-0.25, -0.2) is 4.79 Å². The van der Waals surface area contributed by atoms with Gasteiger partial charge < -0.3 is 10.5 Å². The number of pyridine rings is 1. The highest BCUT2D eigenvalue weighted by Crippen LogP contribution is 2.18. The van der Waals surface area contributed by atoms with Gasteiger partial charge in [-0.15, -0.1) is 0 Å². The topological polar surface area (TPSA) is 68.5 Å². The van der Waals surface area contributed by atoms with E-state index in [4.69, 9.17) is 5.73 Å². The largest absolute Gasteiger partial charge is 0.465 e. The van der Waals surface area contributed by atoms with Gasteiger partial charge in [0.05, 0.1) is 18.4 Å². The number of hydrogen-bond donors (Lipinski definition) is 1. The summed E-state index contributed by atoms with van der Waals surface area (Å²) in [6, 6.07) is 4.09. The zero-order valence-electron chi connectivity index (χ0n) is 10.6. The highest BCUT2D eigenvalue weighted by atomic mass is 16.5. The van der Waals surface area contributed by atoms with Crippen LogP contribution in [-0.4, -0.2) is 42.1 Å². The fourth-order valence-corrected chi connectivity index (χ4v) is 2.33. The molecule has 0 amide bonds. The van der Waals surface area contributed by atoms with Crippen molar-refractivity contribution in [2.45, 2.75) is 25.4 Å². The van der Waals surface area contributed by atoms with E-state index in [9.17, 15) is 4.79 Å². The van der Waals surface area contributed by atoms with E-state index in [2.05, 4.69) is 14.6 Å². The molecule has 0 saturated carbocycles. The van der Waals surface area contributed by atoms with Crippen LogP contribution in [0.25, 0.3) is 0 Å². The molecular weight excluding hydrogens is 230 g/mol. The number of nitrogens with zero attached hydrogens (tertiary/aromatic N) is 2. The average Bonchev–Trinajstić information content (AvgIpc) is 2.86. The molecule has 0 radical (unpaired) electrons. The number of hydrogen-bond acceptors (Lipinski definition) is 5. The molecule has 5 heteroatoms. The first-order valence-corrected chi connectivity index (χ1v) is 6.22. The van der Waals surface area contributed by atoms with Crippen LogP contribution in [0.3, 0.4) is 0 Å². The summed E-state index contributed by atoms with van der Waals surface area (Å²) in [5, 5.41) is 0. The summed E-state index contributed by atoms with van der Waals surface area (Å²) in [4.78, 5) is 17.9. The van der Waals surface area contributed by atoms with Gasteiger partial charge in [0.25, 0.3) is 0 Å². The molecule has 1 unspecified atom stereocenters. The zero-order valence-corrected chi connectivity index (χ0v) is 10.6. The van der Waals surface area contributed by atoms with Crippen LogP contribution in [0, 0.1) is 0 Å². The minimum atomic E-state index is -0.352. The molecule has 2 N–H and O–H groups in total. The van der Waals surface area contributed by atoms with E-state index >= 15 is 0 Å². The average molecular weight is 249 g/mol. The molecule has 5 nitrogen and oxygen atoms in total. The smallest absolute Gasteiger partial charge is 0.339 e. The highest BCUT2D eigenvalue weighted by Gasteiger charge is 2.23. The van der Waals surface area contributed by atoms with Gasteiger partial charge in [-0.3, -0.25) is 9.88 Å². The quantitative estimate of drug-likeness (QED) is 0.799. The number of nitrogens with two attached hydrogens (primary N) is 1. The molecule has 0 spiro atoms. The molecule has 1 aromatic rings. The molecule has 18 heavy (non-hydrogen) atoms. The van der Waals surface area contributed by atoms with Crippen LogP contribution in [0.15, 0.2) is 18.3 Å². The predicted octanol–water partition coefficient (Wildman–Crippen LogP) is 0.791. The number of esters is 1. The van der Waals surface area contributed by atoms with Crippen molar-refractivity contribution < 1.29 is 9.53 Å². The lowest BCUT2D eigenvalue weighted by atomic mass is 10.2. The van der Waals surface area contributed by atoms with Crippen LogP contribution < -0.4 is 5.73 Å². The fraction of sp³-hybridized carbons (Fsp3) is 0.538. The first kappa shape index (κ1) is 13.0. The summed E-state index contributed by atoms with van der Waals surface area (Å²) in [7, 11) is 1.37. The van der Waals surface area contributed by atoms with Crippen LogP contribution in [0.5, 0.6) is 0 Å². The molecule has 0 aromatic carbocycles. The van der Waals surface area contributed by atoms with Gasteiger partial charge in [0.1, 0.15) is 0 Å². The molecular formula is C13H19N3O2. The Labute approximate surface area is 107 Å². The van der Waals surface area contributed by atoms with E-state index < -0.39 is 0 Å². The summed E-state index contributed by atoms with van der Waals surface area (Å²) in [5.74, 6) is -0.352. The van der Waals surface area contributed by atoms with E-state index in [0.717, 1.165) is 25.2 Å². The monoisotopic (exact) mass is 249 g/mol. The van der Waals surface area contributed by atoms with E-state index in [1.165, 1.54) is 13.5 Å². The second-order valence-corrected chi connectivity index (χ2v) is 4.53. The number of likely N-dealkylation sites (tertiary alicyclic amines) is 1. The van der Waals surface area contributed by atoms with Crippen molar-refractivity contribution in [2.75, 3.05) is 20.2 Å². The third kappa shape index (κ3) is 2.86. The Morgan fingerprint density at radius 2 is 2.44 bits per heavy atom. The van der Waals surface area contributed by atoms with Gasteiger partial charge in [0.2, 0.25) is 0 Å². The van der Waals surface area contributed by atoms with Crippen molar-refractivity contribution in [2.24, 2.45) is 5.73 Å². The van der Waals surface area contributed by atoms with Gasteiger partial charge in [0.15, 0.2) is 0 Å². The van der Waals surface area contributed by atoms with Gasteiger partial charge >= 0.3 is 5.97 Å². The lowest BCUT2D eigenvalue weighted by Crippen LogP contribution is -2.35. The summed E-state index contributed by atoms with van der Waals surface area (Å²) in [6.45, 7) is 2.56. The van der Waals surface area contributed by atoms with Crippen molar-refractivity contribution in [3.8, 4) is 0 Å². The number of aromatic nitrogens is 1. The molecule has 1 aliphatic rings. The Morgan fingerprint density at radius 3 is 3.06 bits per heavy atom. The molecule has 0 bridgehead atoms. The van der Waals surface area contributed by atoms with Crippen LogP contribution in [0.2, 0.25) is 0 Å². The predicted molar refractivity (Wildman–Crippen MR) is 68.1 cm³/mol. The number of ether oxygens (including phenoxy) is 1. The van der Waals surface area contributed by atoms with Gasteiger partial charge in [-0.2, -0.15) is 0 Å². The molecule has 1 atom stereocenters. The second kappa shape index (κ2) is 5.93. The number of rotatable bonds is 4. The lowest BCUT2D eigenvalue weighted by molar-refractivity contribution is 0.0600. The van der Waals surface area contributed by atoms with Gasteiger partial charge in [-0.05, 0) is 31.5 Å². The van der Waals surface area contributed by atoms with Crippen LogP contribution in [0.4, 0.5) is 0 Å². The summed E-state index contributed by atoms with van der Waals surface area (Å²) >= 11 is 0. The summed E-state index contributed by atoms with van der Waals surface area (Å²) < 4.78 is 4.64. The summed E-state index contributed by atoms with van der Waals surface area (Å²) in [5.41, 5.74) is 7.18. The molecule has 2 heterocycles. The van der Waals surface area contributed by atoms with Crippen molar-refractivity contribution in [1.82, 2.24) is 9.88 Å². The first-order chi connectivity index (χ1) is 8.74. The Kier molecular flexibility index (Phi) is 4.28. The van der Waals surface area contributed by atoms with Crippen LogP contribution in [-0.2, 0) is 11.3 Å². The Bertz CT molecular complexity index is 405. The minimum Gasteiger partial charge on any atom is -0.465 e. The molecule has 1 fully saturated rings. The minimum absolute atomic E-state index is 0.352. The SMILES string of the molecule is COC(=O)c1ccc(CN2CCCC2CN)nc1. The van der Waals surface area contributed by atoms with E-state index in [1.54, 1.807) is 12.3 Å². The van der Waals surface area contributed by atoms with E-state index in [-0.39, 0.29) is 5.97 Å². The van der Waals surface area contributed by atoms with Crippen LogP contribution >= 0.6 is 0 Å². The van der Waals surface area contributed by atoms with Crippen molar-refractivity contribution in [3.63, 3.8) is 0 Å². The molecule has 0 aliphatic carbocycles. The molecule has 98 valence electrons. The lowest BCUT2D eigenvalue weighted by Gasteiger charge is -2.22. The maximum absolute atomic E-state index is 11.3. The van der Waals surface area contributed by atoms with Gasteiger partial charge in [-0.1, -0.05) is 0 Å². The van der Waals surface area contributed by atoms with E-state index in [1.807, 2.05) is 6.07 Å². The molecule has 1 aliphatic heterocycles. The zero-order chi connectivity index (χ0) is 13.0. The van der Waals surface area contributed by atoms with Gasteiger partial charge in [0, 0.05) is 25.3 Å². The Balaban J connectivity index is 2.00. The van der Waals surface area contributed by atoms with Crippen LogP contribution in [0.1, 0.15) is 28.9 Å².